The number of nitrogens with one attached hydrogen (secondary N) is 1. The van der Waals surface area contributed by atoms with Gasteiger partial charge in [0.25, 0.3) is 0 Å². The van der Waals surface area contributed by atoms with E-state index in [1.807, 2.05) is 0 Å². The molecule has 0 aliphatic heterocycles. The van der Waals surface area contributed by atoms with Crippen LogP contribution in [0, 0.1) is 5.92 Å². The molecular weight excluding hydrogens is 186 g/mol. The monoisotopic (exact) mass is 213 g/mol. The Hall–Kier alpha value is -0.0800. The highest BCUT2D eigenvalue weighted by molar-refractivity contribution is 4.94. The van der Waals surface area contributed by atoms with E-state index in [1.54, 1.807) is 0 Å². The summed E-state index contributed by atoms with van der Waals surface area (Å²) < 4.78 is 5.59. The van der Waals surface area contributed by atoms with E-state index in [2.05, 4.69) is 26.1 Å². The molecule has 15 heavy (non-hydrogen) atoms. The van der Waals surface area contributed by atoms with Crippen molar-refractivity contribution in [3.8, 4) is 0 Å². The maximum Gasteiger partial charge on any atom is 0.0591 e. The average Bonchev–Trinajstić information content (AvgIpc) is 2.14. The molecule has 0 radical (unpaired) electrons. The highest BCUT2D eigenvalue weighted by Crippen LogP contribution is 2.34. The molecule has 90 valence electrons. The van der Waals surface area contributed by atoms with E-state index >= 15 is 0 Å². The SMILES string of the molecule is CCC1(NCCOCCC(C)C)CCC1. The molecule has 0 aromatic rings. The molecule has 0 aromatic carbocycles. The molecule has 1 saturated carbocycles. The quantitative estimate of drug-likeness (QED) is 0.626. The van der Waals surface area contributed by atoms with E-state index < -0.39 is 0 Å². The zero-order valence-corrected chi connectivity index (χ0v) is 10.6. The van der Waals surface area contributed by atoms with Gasteiger partial charge in [-0.2, -0.15) is 0 Å². The summed E-state index contributed by atoms with van der Waals surface area (Å²) in [5.74, 6) is 0.756. The third-order valence-corrected chi connectivity index (χ3v) is 3.57. The summed E-state index contributed by atoms with van der Waals surface area (Å²) in [4.78, 5) is 0. The first kappa shape index (κ1) is 13.0. The van der Waals surface area contributed by atoms with Crippen molar-refractivity contribution in [3.63, 3.8) is 0 Å². The highest BCUT2D eigenvalue weighted by Gasteiger charge is 2.33. The van der Waals surface area contributed by atoms with E-state index in [9.17, 15) is 0 Å². The van der Waals surface area contributed by atoms with Crippen LogP contribution in [0.4, 0.5) is 0 Å². The normalized spacial score (nSPS) is 19.2. The van der Waals surface area contributed by atoms with Crippen molar-refractivity contribution in [1.82, 2.24) is 5.32 Å². The van der Waals surface area contributed by atoms with Gasteiger partial charge < -0.3 is 10.1 Å². The van der Waals surface area contributed by atoms with Crippen molar-refractivity contribution in [2.24, 2.45) is 5.92 Å². The van der Waals surface area contributed by atoms with Gasteiger partial charge >= 0.3 is 0 Å². The molecule has 0 heterocycles. The highest BCUT2D eigenvalue weighted by atomic mass is 16.5. The van der Waals surface area contributed by atoms with Gasteiger partial charge in [-0.1, -0.05) is 20.8 Å². The third kappa shape index (κ3) is 4.52. The first-order valence-corrected chi connectivity index (χ1v) is 6.51. The lowest BCUT2D eigenvalue weighted by molar-refractivity contribution is 0.103. The fraction of sp³-hybridized carbons (Fsp3) is 1.00. The molecule has 2 nitrogen and oxygen atoms in total. The van der Waals surface area contributed by atoms with Crippen molar-refractivity contribution >= 4 is 0 Å². The summed E-state index contributed by atoms with van der Waals surface area (Å²) in [6.45, 7) is 9.56. The summed E-state index contributed by atoms with van der Waals surface area (Å²) in [6.07, 6.45) is 6.55. The van der Waals surface area contributed by atoms with Crippen LogP contribution in [0.3, 0.4) is 0 Å². The van der Waals surface area contributed by atoms with Crippen molar-refractivity contribution in [1.29, 1.82) is 0 Å². The molecule has 1 aliphatic rings. The summed E-state index contributed by atoms with van der Waals surface area (Å²) in [6, 6.07) is 0. The Bertz CT molecular complexity index is 158. The van der Waals surface area contributed by atoms with Gasteiger partial charge in [-0.25, -0.2) is 0 Å². The first-order valence-electron chi connectivity index (χ1n) is 6.51. The summed E-state index contributed by atoms with van der Waals surface area (Å²) in [5, 5.41) is 3.65. The number of rotatable bonds is 8. The molecule has 0 atom stereocenters. The van der Waals surface area contributed by atoms with E-state index in [1.165, 1.54) is 32.1 Å². The van der Waals surface area contributed by atoms with Crippen molar-refractivity contribution in [2.45, 2.75) is 58.4 Å². The lowest BCUT2D eigenvalue weighted by atomic mass is 9.75. The lowest BCUT2D eigenvalue weighted by Crippen LogP contribution is -2.51. The molecular formula is C13H27NO. The van der Waals surface area contributed by atoms with Crippen LogP contribution in [0.2, 0.25) is 0 Å². The Labute approximate surface area is 94.8 Å². The predicted molar refractivity (Wildman–Crippen MR) is 65.1 cm³/mol. The predicted octanol–water partition coefficient (Wildman–Crippen LogP) is 2.97. The summed E-state index contributed by atoms with van der Waals surface area (Å²) in [7, 11) is 0. The van der Waals surface area contributed by atoms with Crippen LogP contribution < -0.4 is 5.32 Å². The van der Waals surface area contributed by atoms with Crippen LogP contribution in [0.5, 0.6) is 0 Å². The van der Waals surface area contributed by atoms with Crippen molar-refractivity contribution < 1.29 is 4.74 Å². The molecule has 0 aromatic heterocycles. The van der Waals surface area contributed by atoms with Crippen molar-refractivity contribution in [2.75, 3.05) is 19.8 Å². The van der Waals surface area contributed by atoms with Crippen molar-refractivity contribution in [3.05, 3.63) is 0 Å². The largest absolute Gasteiger partial charge is 0.380 e. The van der Waals surface area contributed by atoms with Gasteiger partial charge in [0.15, 0.2) is 0 Å². The molecule has 1 aliphatic carbocycles. The molecule has 0 saturated heterocycles. The van der Waals surface area contributed by atoms with Gasteiger partial charge in [0.2, 0.25) is 0 Å². The number of hydrogen-bond acceptors (Lipinski definition) is 2. The number of hydrogen-bond donors (Lipinski definition) is 1. The zero-order valence-electron chi connectivity index (χ0n) is 10.6. The van der Waals surface area contributed by atoms with Crippen LogP contribution in [-0.2, 0) is 4.74 Å². The average molecular weight is 213 g/mol. The fourth-order valence-electron chi connectivity index (χ4n) is 2.07. The van der Waals surface area contributed by atoms with Crippen LogP contribution in [0.25, 0.3) is 0 Å². The molecule has 1 rings (SSSR count). The third-order valence-electron chi connectivity index (χ3n) is 3.57. The number of ether oxygens (including phenoxy) is 1. The van der Waals surface area contributed by atoms with Gasteiger partial charge in [0, 0.05) is 18.7 Å². The Morgan fingerprint density at radius 1 is 1.27 bits per heavy atom. The second-order valence-electron chi connectivity index (χ2n) is 5.21. The Kier molecular flexibility index (Phi) is 5.62. The topological polar surface area (TPSA) is 21.3 Å². The standard InChI is InChI=1S/C13H27NO/c1-4-13(7-5-8-13)14-9-11-15-10-6-12(2)3/h12,14H,4-11H2,1-3H3. The van der Waals surface area contributed by atoms with Gasteiger partial charge in [0.05, 0.1) is 6.61 Å². The van der Waals surface area contributed by atoms with Gasteiger partial charge in [0.1, 0.15) is 0 Å². The minimum absolute atomic E-state index is 0.474. The van der Waals surface area contributed by atoms with Crippen LogP contribution in [0.15, 0.2) is 0 Å². The molecule has 0 spiro atoms. The van der Waals surface area contributed by atoms with Gasteiger partial charge in [-0.3, -0.25) is 0 Å². The lowest BCUT2D eigenvalue weighted by Gasteiger charge is -2.42. The first-order chi connectivity index (χ1) is 7.18. The van der Waals surface area contributed by atoms with E-state index in [0.717, 1.165) is 25.7 Å². The molecule has 0 unspecified atom stereocenters. The second-order valence-corrected chi connectivity index (χ2v) is 5.21. The van der Waals surface area contributed by atoms with Gasteiger partial charge in [-0.15, -0.1) is 0 Å². The molecule has 1 fully saturated rings. The fourth-order valence-corrected chi connectivity index (χ4v) is 2.07. The molecule has 0 bridgehead atoms. The molecule has 0 amide bonds. The maximum atomic E-state index is 5.59. The minimum atomic E-state index is 0.474. The van der Waals surface area contributed by atoms with Crippen LogP contribution in [-0.4, -0.2) is 25.3 Å². The summed E-state index contributed by atoms with van der Waals surface area (Å²) in [5.41, 5.74) is 0.474. The summed E-state index contributed by atoms with van der Waals surface area (Å²) >= 11 is 0. The van der Waals surface area contributed by atoms with Gasteiger partial charge in [-0.05, 0) is 38.0 Å². The Morgan fingerprint density at radius 2 is 2.00 bits per heavy atom. The Morgan fingerprint density at radius 3 is 2.47 bits per heavy atom. The van der Waals surface area contributed by atoms with E-state index in [-0.39, 0.29) is 0 Å². The van der Waals surface area contributed by atoms with E-state index in [0.29, 0.717) is 5.54 Å². The second kappa shape index (κ2) is 6.49. The molecule has 1 N–H and O–H groups in total. The Balaban J connectivity index is 1.92. The van der Waals surface area contributed by atoms with Crippen LogP contribution in [0.1, 0.15) is 52.9 Å². The van der Waals surface area contributed by atoms with E-state index in [4.69, 9.17) is 4.74 Å². The zero-order chi connectivity index (χ0) is 11.1. The maximum absolute atomic E-state index is 5.59. The molecule has 2 heteroatoms. The van der Waals surface area contributed by atoms with Crippen LogP contribution >= 0.6 is 0 Å². The minimum Gasteiger partial charge on any atom is -0.380 e. The smallest absolute Gasteiger partial charge is 0.0591 e.